The highest BCUT2D eigenvalue weighted by Crippen LogP contribution is 2.22. The normalized spacial score (nSPS) is 14.3. The Morgan fingerprint density at radius 2 is 2.06 bits per heavy atom. The first-order chi connectivity index (χ1) is 7.83. The van der Waals surface area contributed by atoms with Gasteiger partial charge in [0.15, 0.2) is 0 Å². The molecule has 16 heavy (non-hydrogen) atoms. The predicted octanol–water partition coefficient (Wildman–Crippen LogP) is 2.88. The summed E-state index contributed by atoms with van der Waals surface area (Å²) in [5.41, 5.74) is 3.35. The summed E-state index contributed by atoms with van der Waals surface area (Å²) in [6, 6.07) is 7.71. The van der Waals surface area contributed by atoms with E-state index in [1.807, 2.05) is 35.1 Å². The van der Waals surface area contributed by atoms with Gasteiger partial charge in [0.1, 0.15) is 0 Å². The summed E-state index contributed by atoms with van der Waals surface area (Å²) in [7, 11) is 0. The van der Waals surface area contributed by atoms with Crippen molar-refractivity contribution in [1.29, 1.82) is 0 Å². The van der Waals surface area contributed by atoms with Crippen molar-refractivity contribution in [3.8, 4) is 5.69 Å². The molecule has 4 heteroatoms. The topological polar surface area (TPSA) is 29.9 Å². The van der Waals surface area contributed by atoms with Gasteiger partial charge in [0.05, 0.1) is 23.3 Å². The molecule has 0 amide bonds. The van der Waals surface area contributed by atoms with Gasteiger partial charge in [-0.25, -0.2) is 4.68 Å². The van der Waals surface area contributed by atoms with Crippen LogP contribution in [0.1, 0.15) is 12.1 Å². The van der Waals surface area contributed by atoms with Gasteiger partial charge in [0.25, 0.3) is 0 Å². The summed E-state index contributed by atoms with van der Waals surface area (Å²) in [5, 5.41) is 8.67. The molecule has 3 nitrogen and oxygen atoms in total. The number of anilines is 1. The number of rotatable bonds is 1. The number of hydrogen-bond donors (Lipinski definition) is 1. The van der Waals surface area contributed by atoms with Crippen molar-refractivity contribution in [2.45, 2.75) is 12.8 Å². The molecule has 2 aromatic rings. The second-order valence-electron chi connectivity index (χ2n) is 3.94. The second-order valence-corrected chi connectivity index (χ2v) is 4.38. The Labute approximate surface area is 99.0 Å². The van der Waals surface area contributed by atoms with Crippen LogP contribution in [0.15, 0.2) is 30.5 Å². The molecule has 1 aliphatic heterocycles. The third-order valence-corrected chi connectivity index (χ3v) is 3.04. The number of halogens is 1. The van der Waals surface area contributed by atoms with Crippen LogP contribution in [-0.2, 0) is 6.42 Å². The largest absolute Gasteiger partial charge is 0.382 e. The molecule has 0 aliphatic carbocycles. The van der Waals surface area contributed by atoms with Gasteiger partial charge in [0, 0.05) is 11.6 Å². The van der Waals surface area contributed by atoms with Crippen molar-refractivity contribution in [2.75, 3.05) is 11.9 Å². The van der Waals surface area contributed by atoms with Crippen LogP contribution >= 0.6 is 11.6 Å². The van der Waals surface area contributed by atoms with Crippen LogP contribution in [0.25, 0.3) is 5.69 Å². The molecule has 0 fully saturated rings. The number of aromatic nitrogens is 2. The van der Waals surface area contributed by atoms with Crippen molar-refractivity contribution in [1.82, 2.24) is 9.78 Å². The molecule has 0 bridgehead atoms. The molecule has 0 saturated heterocycles. The lowest BCUT2D eigenvalue weighted by Crippen LogP contribution is -2.10. The number of benzene rings is 1. The highest BCUT2D eigenvalue weighted by Gasteiger charge is 2.13. The SMILES string of the molecule is Clc1ccc(-n2cc3c(n2)CCCN3)cc1. The van der Waals surface area contributed by atoms with Crippen LogP contribution in [0.2, 0.25) is 5.02 Å². The van der Waals surface area contributed by atoms with Gasteiger partial charge in [-0.1, -0.05) is 11.6 Å². The molecular formula is C12H12ClN3. The first-order valence-corrected chi connectivity index (χ1v) is 5.79. The van der Waals surface area contributed by atoms with Crippen molar-refractivity contribution in [3.63, 3.8) is 0 Å². The lowest BCUT2D eigenvalue weighted by molar-refractivity contribution is 0.775. The summed E-state index contributed by atoms with van der Waals surface area (Å²) >= 11 is 5.86. The quantitative estimate of drug-likeness (QED) is 0.821. The molecule has 0 unspecified atom stereocenters. The molecule has 82 valence electrons. The van der Waals surface area contributed by atoms with Gasteiger partial charge in [0.2, 0.25) is 0 Å². The van der Waals surface area contributed by atoms with E-state index >= 15 is 0 Å². The third-order valence-electron chi connectivity index (χ3n) is 2.79. The molecule has 0 atom stereocenters. The van der Waals surface area contributed by atoms with Gasteiger partial charge < -0.3 is 5.32 Å². The van der Waals surface area contributed by atoms with Gasteiger partial charge in [-0.05, 0) is 37.1 Å². The predicted molar refractivity (Wildman–Crippen MR) is 65.4 cm³/mol. The molecule has 0 radical (unpaired) electrons. The standard InChI is InChI=1S/C12H12ClN3/c13-9-3-5-10(6-4-9)16-8-12-11(15-16)2-1-7-14-12/h3-6,8,14H,1-2,7H2. The van der Waals surface area contributed by atoms with E-state index in [-0.39, 0.29) is 0 Å². The van der Waals surface area contributed by atoms with E-state index in [0.717, 1.165) is 41.5 Å². The van der Waals surface area contributed by atoms with Crippen LogP contribution in [0, 0.1) is 0 Å². The fraction of sp³-hybridized carbons (Fsp3) is 0.250. The minimum absolute atomic E-state index is 0.749. The number of nitrogens with zero attached hydrogens (tertiary/aromatic N) is 2. The first kappa shape index (κ1) is 9.73. The average Bonchev–Trinajstić information content (AvgIpc) is 2.73. The number of aryl methyl sites for hydroxylation is 1. The molecule has 0 spiro atoms. The zero-order valence-electron chi connectivity index (χ0n) is 8.78. The van der Waals surface area contributed by atoms with E-state index in [9.17, 15) is 0 Å². The molecule has 3 rings (SSSR count). The fourth-order valence-electron chi connectivity index (χ4n) is 1.95. The highest BCUT2D eigenvalue weighted by atomic mass is 35.5. The summed E-state index contributed by atoms with van der Waals surface area (Å²) in [5.74, 6) is 0. The zero-order valence-corrected chi connectivity index (χ0v) is 9.54. The summed E-state index contributed by atoms with van der Waals surface area (Å²) in [4.78, 5) is 0. The van der Waals surface area contributed by atoms with E-state index < -0.39 is 0 Å². The summed E-state index contributed by atoms with van der Waals surface area (Å²) in [6.45, 7) is 1.04. The van der Waals surface area contributed by atoms with Crippen molar-refractivity contribution < 1.29 is 0 Å². The first-order valence-electron chi connectivity index (χ1n) is 5.41. The van der Waals surface area contributed by atoms with E-state index in [0.29, 0.717) is 0 Å². The van der Waals surface area contributed by atoms with Crippen LogP contribution < -0.4 is 5.32 Å². The Morgan fingerprint density at radius 1 is 1.25 bits per heavy atom. The number of hydrogen-bond acceptors (Lipinski definition) is 2. The van der Waals surface area contributed by atoms with Crippen LogP contribution in [0.5, 0.6) is 0 Å². The molecule has 1 aliphatic rings. The lowest BCUT2D eigenvalue weighted by atomic mass is 10.1. The van der Waals surface area contributed by atoms with Gasteiger partial charge >= 0.3 is 0 Å². The van der Waals surface area contributed by atoms with Crippen LogP contribution in [0.3, 0.4) is 0 Å². The Balaban J connectivity index is 2.00. The monoisotopic (exact) mass is 233 g/mol. The Kier molecular flexibility index (Phi) is 2.33. The highest BCUT2D eigenvalue weighted by molar-refractivity contribution is 6.30. The minimum Gasteiger partial charge on any atom is -0.382 e. The van der Waals surface area contributed by atoms with Gasteiger partial charge in [-0.2, -0.15) is 5.10 Å². The maximum absolute atomic E-state index is 5.86. The van der Waals surface area contributed by atoms with Crippen molar-refractivity contribution >= 4 is 17.3 Å². The lowest BCUT2D eigenvalue weighted by Gasteiger charge is -2.10. The average molecular weight is 234 g/mol. The summed E-state index contributed by atoms with van der Waals surface area (Å²) < 4.78 is 1.90. The molecule has 1 aromatic carbocycles. The molecule has 2 heterocycles. The van der Waals surface area contributed by atoms with E-state index in [4.69, 9.17) is 11.6 Å². The van der Waals surface area contributed by atoms with Crippen molar-refractivity contribution in [3.05, 3.63) is 41.2 Å². The van der Waals surface area contributed by atoms with E-state index in [1.54, 1.807) is 0 Å². The van der Waals surface area contributed by atoms with Gasteiger partial charge in [-0.15, -0.1) is 0 Å². The molecular weight excluding hydrogens is 222 g/mol. The zero-order chi connectivity index (χ0) is 11.0. The summed E-state index contributed by atoms with van der Waals surface area (Å²) in [6.07, 6.45) is 4.26. The Hall–Kier alpha value is -1.48. The van der Waals surface area contributed by atoms with Crippen LogP contribution in [0.4, 0.5) is 5.69 Å². The van der Waals surface area contributed by atoms with E-state index in [2.05, 4.69) is 10.4 Å². The molecule has 1 aromatic heterocycles. The molecule has 1 N–H and O–H groups in total. The van der Waals surface area contributed by atoms with Gasteiger partial charge in [-0.3, -0.25) is 0 Å². The maximum Gasteiger partial charge on any atom is 0.0861 e. The second kappa shape index (κ2) is 3.83. The van der Waals surface area contributed by atoms with Crippen LogP contribution in [-0.4, -0.2) is 16.3 Å². The minimum atomic E-state index is 0.749. The van der Waals surface area contributed by atoms with E-state index in [1.165, 1.54) is 0 Å². The maximum atomic E-state index is 5.86. The fourth-order valence-corrected chi connectivity index (χ4v) is 2.07. The Bertz CT molecular complexity index is 478. The van der Waals surface area contributed by atoms with Crippen molar-refractivity contribution in [2.24, 2.45) is 0 Å². The number of nitrogens with one attached hydrogen (secondary N) is 1. The molecule has 0 saturated carbocycles. The third kappa shape index (κ3) is 1.67. The smallest absolute Gasteiger partial charge is 0.0861 e. The number of fused-ring (bicyclic) bond motifs is 1. The Morgan fingerprint density at radius 3 is 2.81 bits per heavy atom.